The highest BCUT2D eigenvalue weighted by Crippen LogP contribution is 2.18. The zero-order valence-electron chi connectivity index (χ0n) is 15.9. The van der Waals surface area contributed by atoms with Crippen molar-refractivity contribution >= 4 is 27.5 Å². The Balaban J connectivity index is 1.61. The van der Waals surface area contributed by atoms with Crippen LogP contribution in [0.4, 0.5) is 4.39 Å². The molecule has 1 amide bonds. The van der Waals surface area contributed by atoms with Gasteiger partial charge in [0.05, 0.1) is 19.3 Å². The van der Waals surface area contributed by atoms with E-state index in [4.69, 9.17) is 16.1 Å². The zero-order valence-corrected chi connectivity index (χ0v) is 17.5. The number of hydrogen-bond acceptors (Lipinski definition) is 6. The van der Waals surface area contributed by atoms with Crippen LogP contribution in [0.5, 0.6) is 0 Å². The molecule has 1 aromatic heterocycles. The molecular formula is C19H18ClFN4O4S. The first-order valence-electron chi connectivity index (χ1n) is 8.76. The highest BCUT2D eigenvalue weighted by atomic mass is 35.5. The van der Waals surface area contributed by atoms with E-state index in [9.17, 15) is 17.6 Å². The highest BCUT2D eigenvalue weighted by molar-refractivity contribution is 7.88. The van der Waals surface area contributed by atoms with Crippen LogP contribution in [-0.2, 0) is 27.9 Å². The van der Waals surface area contributed by atoms with E-state index in [1.807, 2.05) is 0 Å². The number of rotatable bonds is 8. The lowest BCUT2D eigenvalue weighted by molar-refractivity contribution is -0.121. The van der Waals surface area contributed by atoms with Gasteiger partial charge in [0.2, 0.25) is 27.6 Å². The fraction of sp³-hybridized carbons (Fsp3) is 0.211. The number of nitrogens with zero attached hydrogens (tertiary/aromatic N) is 3. The summed E-state index contributed by atoms with van der Waals surface area (Å²) in [6.45, 7) is -0.831. The van der Waals surface area contributed by atoms with Gasteiger partial charge in [0.15, 0.2) is 0 Å². The standard InChI is InChI=1S/C19H18ClFN4O4S/c1-30(27,28)25(11-14-4-2-3-5-16(14)21)12-17(26)22-10-18-23-19(24-29-18)13-6-8-15(20)9-7-13/h2-9H,10-12H2,1H3,(H,22,26). The van der Waals surface area contributed by atoms with Crippen LogP contribution in [0.1, 0.15) is 11.5 Å². The zero-order chi connectivity index (χ0) is 21.7. The number of sulfonamides is 1. The predicted molar refractivity (Wildman–Crippen MR) is 108 cm³/mol. The molecule has 0 bridgehead atoms. The summed E-state index contributed by atoms with van der Waals surface area (Å²) in [7, 11) is -3.75. The van der Waals surface area contributed by atoms with Gasteiger partial charge < -0.3 is 9.84 Å². The van der Waals surface area contributed by atoms with Crippen molar-refractivity contribution in [3.63, 3.8) is 0 Å². The largest absolute Gasteiger partial charge is 0.346 e. The molecule has 11 heteroatoms. The summed E-state index contributed by atoms with van der Waals surface area (Å²) in [6.07, 6.45) is 0.956. The monoisotopic (exact) mass is 452 g/mol. The van der Waals surface area contributed by atoms with E-state index in [2.05, 4.69) is 15.5 Å². The van der Waals surface area contributed by atoms with Gasteiger partial charge in [0, 0.05) is 22.7 Å². The Labute approximate surface area is 177 Å². The van der Waals surface area contributed by atoms with E-state index in [1.165, 1.54) is 18.2 Å². The number of aromatic nitrogens is 2. The third-order valence-corrected chi connectivity index (χ3v) is 5.55. The van der Waals surface area contributed by atoms with Gasteiger partial charge in [-0.25, -0.2) is 12.8 Å². The molecule has 0 fully saturated rings. The molecule has 8 nitrogen and oxygen atoms in total. The molecule has 0 aliphatic rings. The Kier molecular flexibility index (Phi) is 6.80. The second-order valence-electron chi connectivity index (χ2n) is 6.42. The van der Waals surface area contributed by atoms with Crippen molar-refractivity contribution < 1.29 is 22.1 Å². The normalized spacial score (nSPS) is 11.6. The first kappa shape index (κ1) is 21.9. The second-order valence-corrected chi connectivity index (χ2v) is 8.84. The summed E-state index contributed by atoms with van der Waals surface area (Å²) in [5.41, 5.74) is 0.856. The molecule has 0 radical (unpaired) electrons. The molecule has 1 heterocycles. The van der Waals surface area contributed by atoms with Crippen LogP contribution in [0, 0.1) is 5.82 Å². The van der Waals surface area contributed by atoms with Gasteiger partial charge in [0.25, 0.3) is 0 Å². The summed E-state index contributed by atoms with van der Waals surface area (Å²) in [5.74, 6) is -0.670. The Morgan fingerprint density at radius 1 is 1.20 bits per heavy atom. The molecule has 0 saturated heterocycles. The SMILES string of the molecule is CS(=O)(=O)N(CC(=O)NCc1nc(-c2ccc(Cl)cc2)no1)Cc1ccccc1F. The van der Waals surface area contributed by atoms with Crippen LogP contribution in [0.2, 0.25) is 5.02 Å². The molecule has 0 spiro atoms. The number of amides is 1. The summed E-state index contributed by atoms with van der Waals surface area (Å²) in [6, 6.07) is 12.6. The van der Waals surface area contributed by atoms with Crippen LogP contribution in [0.25, 0.3) is 11.4 Å². The van der Waals surface area contributed by atoms with Crippen molar-refractivity contribution in [1.29, 1.82) is 0 Å². The maximum absolute atomic E-state index is 13.9. The summed E-state index contributed by atoms with van der Waals surface area (Å²) < 4.78 is 43.9. The first-order valence-corrected chi connectivity index (χ1v) is 11.0. The van der Waals surface area contributed by atoms with E-state index >= 15 is 0 Å². The van der Waals surface area contributed by atoms with Crippen LogP contribution >= 0.6 is 11.6 Å². The minimum atomic E-state index is -3.75. The van der Waals surface area contributed by atoms with E-state index in [-0.39, 0.29) is 24.5 Å². The molecule has 0 atom stereocenters. The minimum absolute atomic E-state index is 0.0866. The summed E-state index contributed by atoms with van der Waals surface area (Å²) in [4.78, 5) is 16.4. The fourth-order valence-corrected chi connectivity index (χ4v) is 3.39. The van der Waals surface area contributed by atoms with Gasteiger partial charge in [-0.3, -0.25) is 4.79 Å². The van der Waals surface area contributed by atoms with Gasteiger partial charge >= 0.3 is 0 Å². The Morgan fingerprint density at radius 3 is 2.57 bits per heavy atom. The lowest BCUT2D eigenvalue weighted by Crippen LogP contribution is -2.39. The molecule has 3 aromatic rings. The molecule has 2 aromatic carbocycles. The third-order valence-electron chi connectivity index (χ3n) is 4.10. The van der Waals surface area contributed by atoms with E-state index < -0.39 is 28.3 Å². The third kappa shape index (κ3) is 5.85. The lowest BCUT2D eigenvalue weighted by Gasteiger charge is -2.19. The molecular weight excluding hydrogens is 435 g/mol. The van der Waals surface area contributed by atoms with E-state index in [0.29, 0.717) is 16.4 Å². The highest BCUT2D eigenvalue weighted by Gasteiger charge is 2.22. The molecule has 0 saturated carbocycles. The predicted octanol–water partition coefficient (Wildman–Crippen LogP) is 2.61. The van der Waals surface area contributed by atoms with Gasteiger partial charge in [-0.05, 0) is 30.3 Å². The smallest absolute Gasteiger partial charge is 0.246 e. The first-order chi connectivity index (χ1) is 14.2. The summed E-state index contributed by atoms with van der Waals surface area (Å²) in [5, 5.41) is 6.92. The molecule has 0 aliphatic heterocycles. The van der Waals surface area contributed by atoms with Crippen molar-refractivity contribution in [2.24, 2.45) is 0 Å². The fourth-order valence-electron chi connectivity index (χ4n) is 2.54. The maximum atomic E-state index is 13.9. The van der Waals surface area contributed by atoms with Gasteiger partial charge in [-0.15, -0.1) is 0 Å². The number of hydrogen-bond donors (Lipinski definition) is 1. The number of nitrogens with one attached hydrogen (secondary N) is 1. The average Bonchev–Trinajstić information content (AvgIpc) is 3.16. The second kappa shape index (κ2) is 9.33. The Bertz CT molecular complexity index is 1140. The number of halogens is 2. The van der Waals surface area contributed by atoms with E-state index in [1.54, 1.807) is 30.3 Å². The van der Waals surface area contributed by atoms with Crippen LogP contribution in [0.3, 0.4) is 0 Å². The van der Waals surface area contributed by atoms with Crippen molar-refractivity contribution in [3.8, 4) is 11.4 Å². The summed E-state index contributed by atoms with van der Waals surface area (Å²) >= 11 is 5.84. The molecule has 158 valence electrons. The number of carbonyl (C=O) groups is 1. The maximum Gasteiger partial charge on any atom is 0.246 e. The topological polar surface area (TPSA) is 105 Å². The van der Waals surface area contributed by atoms with Crippen LogP contribution < -0.4 is 5.32 Å². The van der Waals surface area contributed by atoms with Gasteiger partial charge in [0.1, 0.15) is 5.82 Å². The van der Waals surface area contributed by atoms with E-state index in [0.717, 1.165) is 10.6 Å². The molecule has 1 N–H and O–H groups in total. The Hall–Kier alpha value is -2.82. The van der Waals surface area contributed by atoms with Crippen molar-refractivity contribution in [3.05, 3.63) is 70.8 Å². The van der Waals surface area contributed by atoms with Crippen molar-refractivity contribution in [1.82, 2.24) is 19.8 Å². The number of carbonyl (C=O) groups excluding carboxylic acids is 1. The Morgan fingerprint density at radius 2 is 1.90 bits per heavy atom. The minimum Gasteiger partial charge on any atom is -0.346 e. The van der Waals surface area contributed by atoms with Crippen LogP contribution in [-0.4, -0.2) is 41.6 Å². The molecule has 0 aliphatic carbocycles. The average molecular weight is 453 g/mol. The lowest BCUT2D eigenvalue weighted by atomic mass is 10.2. The number of benzene rings is 2. The van der Waals surface area contributed by atoms with Gasteiger partial charge in [-0.1, -0.05) is 35.0 Å². The van der Waals surface area contributed by atoms with Gasteiger partial charge in [-0.2, -0.15) is 9.29 Å². The molecule has 3 rings (SSSR count). The van der Waals surface area contributed by atoms with Crippen LogP contribution in [0.15, 0.2) is 53.1 Å². The quantitative estimate of drug-likeness (QED) is 0.563. The van der Waals surface area contributed by atoms with Crippen molar-refractivity contribution in [2.75, 3.05) is 12.8 Å². The van der Waals surface area contributed by atoms with Crippen molar-refractivity contribution in [2.45, 2.75) is 13.1 Å². The molecule has 30 heavy (non-hydrogen) atoms. The molecule has 0 unspecified atom stereocenters.